The van der Waals surface area contributed by atoms with Crippen LogP contribution in [-0.2, 0) is 16.6 Å². The Hall–Kier alpha value is -1.85. The van der Waals surface area contributed by atoms with Crippen LogP contribution in [0, 0.1) is 12.8 Å². The molecule has 2 aromatic rings. The SMILES string of the molecule is Cc1cc(CNCCC(C)C)ccc1-c1ccc(NS(C)(=O)=O)cc1. The predicted octanol–water partition coefficient (Wildman–Crippen LogP) is 4.17. The third-order valence-corrected chi connectivity index (χ3v) is 4.62. The summed E-state index contributed by atoms with van der Waals surface area (Å²) >= 11 is 0. The average molecular weight is 361 g/mol. The Kier molecular flexibility index (Phi) is 6.62. The van der Waals surface area contributed by atoms with Gasteiger partial charge in [-0.3, -0.25) is 4.72 Å². The molecule has 2 N–H and O–H groups in total. The molecule has 0 aliphatic carbocycles. The van der Waals surface area contributed by atoms with Crippen LogP contribution >= 0.6 is 0 Å². The summed E-state index contributed by atoms with van der Waals surface area (Å²) in [6.07, 6.45) is 2.34. The third kappa shape index (κ3) is 6.52. The largest absolute Gasteiger partial charge is 0.313 e. The number of nitrogens with one attached hydrogen (secondary N) is 2. The van der Waals surface area contributed by atoms with E-state index in [1.807, 2.05) is 12.1 Å². The zero-order chi connectivity index (χ0) is 18.4. The van der Waals surface area contributed by atoms with Gasteiger partial charge in [0.05, 0.1) is 6.26 Å². The number of aryl methyl sites for hydroxylation is 1. The molecule has 136 valence electrons. The van der Waals surface area contributed by atoms with Gasteiger partial charge in [-0.1, -0.05) is 44.2 Å². The predicted molar refractivity (Wildman–Crippen MR) is 106 cm³/mol. The normalized spacial score (nSPS) is 11.7. The quantitative estimate of drug-likeness (QED) is 0.695. The van der Waals surface area contributed by atoms with E-state index in [4.69, 9.17) is 0 Å². The van der Waals surface area contributed by atoms with Crippen molar-refractivity contribution in [1.29, 1.82) is 0 Å². The second kappa shape index (κ2) is 8.50. The van der Waals surface area contributed by atoms with E-state index in [-0.39, 0.29) is 0 Å². The van der Waals surface area contributed by atoms with Crippen LogP contribution in [-0.4, -0.2) is 21.2 Å². The van der Waals surface area contributed by atoms with Gasteiger partial charge in [0.15, 0.2) is 0 Å². The van der Waals surface area contributed by atoms with Gasteiger partial charge in [0.25, 0.3) is 0 Å². The van der Waals surface area contributed by atoms with Crippen molar-refractivity contribution >= 4 is 15.7 Å². The Morgan fingerprint density at radius 1 is 1.04 bits per heavy atom. The topological polar surface area (TPSA) is 58.2 Å². The summed E-state index contributed by atoms with van der Waals surface area (Å²) in [6.45, 7) is 8.49. The summed E-state index contributed by atoms with van der Waals surface area (Å²) in [4.78, 5) is 0. The molecule has 4 nitrogen and oxygen atoms in total. The van der Waals surface area contributed by atoms with Gasteiger partial charge in [-0.2, -0.15) is 0 Å². The molecule has 0 fully saturated rings. The Labute approximate surface area is 151 Å². The summed E-state index contributed by atoms with van der Waals surface area (Å²) in [5.74, 6) is 0.719. The van der Waals surface area contributed by atoms with Crippen LogP contribution < -0.4 is 10.0 Å². The number of rotatable bonds is 8. The molecule has 5 heteroatoms. The molecule has 0 heterocycles. The first-order valence-electron chi connectivity index (χ1n) is 8.63. The van der Waals surface area contributed by atoms with Crippen molar-refractivity contribution in [1.82, 2.24) is 5.32 Å². The standard InChI is InChI=1S/C20H28N2O2S/c1-15(2)11-12-21-14-17-5-10-20(16(3)13-17)18-6-8-19(9-7-18)22-25(4,23)24/h5-10,13,15,21-22H,11-12,14H2,1-4H3. The molecule has 25 heavy (non-hydrogen) atoms. The van der Waals surface area contributed by atoms with E-state index < -0.39 is 10.0 Å². The first kappa shape index (κ1) is 19.5. The van der Waals surface area contributed by atoms with Gasteiger partial charge in [0.2, 0.25) is 10.0 Å². The maximum absolute atomic E-state index is 11.3. The molecule has 0 saturated heterocycles. The monoisotopic (exact) mass is 360 g/mol. The molecule has 0 aliphatic heterocycles. The second-order valence-electron chi connectivity index (χ2n) is 6.96. The summed E-state index contributed by atoms with van der Waals surface area (Å²) in [5, 5.41) is 3.48. The van der Waals surface area contributed by atoms with Gasteiger partial charge < -0.3 is 5.32 Å². The molecular formula is C20H28N2O2S. The first-order valence-corrected chi connectivity index (χ1v) is 10.5. The lowest BCUT2D eigenvalue weighted by Crippen LogP contribution is -2.16. The van der Waals surface area contributed by atoms with Crippen LogP contribution in [0.1, 0.15) is 31.4 Å². The van der Waals surface area contributed by atoms with E-state index in [2.05, 4.69) is 49.0 Å². The molecule has 0 radical (unpaired) electrons. The van der Waals surface area contributed by atoms with Crippen LogP contribution in [0.3, 0.4) is 0 Å². The lowest BCUT2D eigenvalue weighted by Gasteiger charge is -2.11. The van der Waals surface area contributed by atoms with E-state index in [1.54, 1.807) is 12.1 Å². The average Bonchev–Trinajstić information content (AvgIpc) is 2.51. The number of anilines is 1. The van der Waals surface area contributed by atoms with E-state index in [1.165, 1.54) is 17.5 Å². The van der Waals surface area contributed by atoms with Crippen LogP contribution in [0.2, 0.25) is 0 Å². The first-order chi connectivity index (χ1) is 11.7. The molecule has 0 spiro atoms. The lowest BCUT2D eigenvalue weighted by molar-refractivity contribution is 0.537. The molecule has 0 atom stereocenters. The molecular weight excluding hydrogens is 332 g/mol. The zero-order valence-corrected chi connectivity index (χ0v) is 16.3. The van der Waals surface area contributed by atoms with Crippen molar-refractivity contribution in [3.63, 3.8) is 0 Å². The maximum Gasteiger partial charge on any atom is 0.229 e. The molecule has 0 aliphatic rings. The molecule has 2 rings (SSSR count). The van der Waals surface area contributed by atoms with Crippen molar-refractivity contribution in [2.75, 3.05) is 17.5 Å². The second-order valence-corrected chi connectivity index (χ2v) is 8.71. The van der Waals surface area contributed by atoms with Crippen molar-refractivity contribution in [2.45, 2.75) is 33.7 Å². The zero-order valence-electron chi connectivity index (χ0n) is 15.5. The van der Waals surface area contributed by atoms with Crippen LogP contribution in [0.25, 0.3) is 11.1 Å². The highest BCUT2D eigenvalue weighted by Crippen LogP contribution is 2.26. The summed E-state index contributed by atoms with van der Waals surface area (Å²) in [7, 11) is -3.24. The molecule has 0 saturated carbocycles. The van der Waals surface area contributed by atoms with Gasteiger partial charge in [0.1, 0.15) is 0 Å². The number of hydrogen-bond acceptors (Lipinski definition) is 3. The van der Waals surface area contributed by atoms with Gasteiger partial charge >= 0.3 is 0 Å². The highest BCUT2D eigenvalue weighted by molar-refractivity contribution is 7.92. The van der Waals surface area contributed by atoms with Gasteiger partial charge in [-0.15, -0.1) is 0 Å². The third-order valence-electron chi connectivity index (χ3n) is 4.02. The molecule has 0 unspecified atom stereocenters. The highest BCUT2D eigenvalue weighted by atomic mass is 32.2. The minimum atomic E-state index is -3.24. The molecule has 0 amide bonds. The smallest absolute Gasteiger partial charge is 0.229 e. The van der Waals surface area contributed by atoms with Gasteiger partial charge in [-0.25, -0.2) is 8.42 Å². The number of benzene rings is 2. The van der Waals surface area contributed by atoms with E-state index in [0.717, 1.165) is 36.4 Å². The van der Waals surface area contributed by atoms with Crippen molar-refractivity contribution in [3.05, 3.63) is 53.6 Å². The number of sulfonamides is 1. The molecule has 0 bridgehead atoms. The Bertz CT molecular complexity index is 797. The summed E-state index contributed by atoms with van der Waals surface area (Å²) in [6, 6.07) is 13.9. The Morgan fingerprint density at radius 2 is 1.72 bits per heavy atom. The lowest BCUT2D eigenvalue weighted by atomic mass is 9.98. The number of hydrogen-bond donors (Lipinski definition) is 2. The minimum Gasteiger partial charge on any atom is -0.313 e. The van der Waals surface area contributed by atoms with E-state index in [9.17, 15) is 8.42 Å². The molecule has 0 aromatic heterocycles. The van der Waals surface area contributed by atoms with Gasteiger partial charge in [0, 0.05) is 12.2 Å². The van der Waals surface area contributed by atoms with Crippen LogP contribution in [0.5, 0.6) is 0 Å². The minimum absolute atomic E-state index is 0.579. The highest BCUT2D eigenvalue weighted by Gasteiger charge is 2.06. The summed E-state index contributed by atoms with van der Waals surface area (Å²) < 4.78 is 25.0. The van der Waals surface area contributed by atoms with Crippen molar-refractivity contribution < 1.29 is 8.42 Å². The summed E-state index contributed by atoms with van der Waals surface area (Å²) in [5.41, 5.74) is 5.31. The van der Waals surface area contributed by atoms with Crippen LogP contribution in [0.4, 0.5) is 5.69 Å². The maximum atomic E-state index is 11.3. The fraction of sp³-hybridized carbons (Fsp3) is 0.400. The van der Waals surface area contributed by atoms with Gasteiger partial charge in [-0.05, 0) is 60.2 Å². The fourth-order valence-electron chi connectivity index (χ4n) is 2.71. The Balaban J connectivity index is 2.05. The van der Waals surface area contributed by atoms with Crippen molar-refractivity contribution in [3.8, 4) is 11.1 Å². The van der Waals surface area contributed by atoms with E-state index >= 15 is 0 Å². The van der Waals surface area contributed by atoms with E-state index in [0.29, 0.717) is 5.69 Å². The van der Waals surface area contributed by atoms with Crippen molar-refractivity contribution in [2.24, 2.45) is 5.92 Å². The van der Waals surface area contributed by atoms with Crippen LogP contribution in [0.15, 0.2) is 42.5 Å². The fourth-order valence-corrected chi connectivity index (χ4v) is 3.28. The molecule has 2 aromatic carbocycles. The Morgan fingerprint density at radius 3 is 2.28 bits per heavy atom.